The van der Waals surface area contributed by atoms with E-state index in [4.69, 9.17) is 23.2 Å². The maximum atomic E-state index is 14.4. The van der Waals surface area contributed by atoms with Gasteiger partial charge < -0.3 is 10.2 Å². The highest BCUT2D eigenvalue weighted by Crippen LogP contribution is 2.31. The predicted molar refractivity (Wildman–Crippen MR) is 176 cm³/mol. The topological polar surface area (TPSA) is 86.8 Å². The van der Waals surface area contributed by atoms with E-state index in [9.17, 15) is 18.0 Å². The number of benzene rings is 4. The third kappa shape index (κ3) is 8.40. The quantitative estimate of drug-likeness (QED) is 0.173. The van der Waals surface area contributed by atoms with E-state index in [0.29, 0.717) is 11.4 Å². The third-order valence-electron chi connectivity index (χ3n) is 7.27. The van der Waals surface area contributed by atoms with Gasteiger partial charge in [-0.05, 0) is 60.9 Å². The molecule has 4 aromatic rings. The fourth-order valence-corrected chi connectivity index (χ4v) is 6.54. The minimum Gasteiger partial charge on any atom is -0.352 e. The monoisotopic (exact) mass is 651 g/mol. The van der Waals surface area contributed by atoms with Crippen molar-refractivity contribution in [1.82, 2.24) is 10.2 Å². The number of hydrogen-bond donors (Lipinski definition) is 1. The lowest BCUT2D eigenvalue weighted by Crippen LogP contribution is -2.54. The van der Waals surface area contributed by atoms with Crippen LogP contribution in [-0.2, 0) is 32.6 Å². The van der Waals surface area contributed by atoms with Crippen LogP contribution in [0.1, 0.15) is 31.4 Å². The van der Waals surface area contributed by atoms with E-state index in [-0.39, 0.29) is 40.5 Å². The second kappa shape index (κ2) is 15.2. The largest absolute Gasteiger partial charge is 0.352 e. The van der Waals surface area contributed by atoms with E-state index in [1.807, 2.05) is 44.2 Å². The Morgan fingerprint density at radius 1 is 0.795 bits per heavy atom. The molecule has 0 saturated carbocycles. The first-order valence-corrected chi connectivity index (χ1v) is 16.5. The summed E-state index contributed by atoms with van der Waals surface area (Å²) in [4.78, 5) is 29.8. The molecule has 230 valence electrons. The molecule has 10 heteroatoms. The number of carbonyl (C=O) groups excluding carboxylic acids is 2. The Kier molecular flexibility index (Phi) is 11.4. The Morgan fingerprint density at radius 2 is 1.39 bits per heavy atom. The van der Waals surface area contributed by atoms with Crippen LogP contribution in [0.3, 0.4) is 0 Å². The minimum atomic E-state index is -4.23. The highest BCUT2D eigenvalue weighted by Gasteiger charge is 2.35. The van der Waals surface area contributed by atoms with Crippen molar-refractivity contribution in [3.8, 4) is 0 Å². The van der Waals surface area contributed by atoms with Crippen molar-refractivity contribution < 1.29 is 18.0 Å². The van der Waals surface area contributed by atoms with Gasteiger partial charge in [0.05, 0.1) is 15.6 Å². The van der Waals surface area contributed by atoms with E-state index in [0.717, 1.165) is 15.4 Å². The molecular weight excluding hydrogens is 617 g/mol. The fourth-order valence-electron chi connectivity index (χ4n) is 4.67. The number of carbonyl (C=O) groups is 2. The predicted octanol–water partition coefficient (Wildman–Crippen LogP) is 6.74. The molecule has 0 aliphatic rings. The van der Waals surface area contributed by atoms with E-state index in [1.165, 1.54) is 17.0 Å². The van der Waals surface area contributed by atoms with Gasteiger partial charge >= 0.3 is 0 Å². The van der Waals surface area contributed by atoms with Gasteiger partial charge in [0.15, 0.2) is 0 Å². The number of anilines is 1. The summed E-state index contributed by atoms with van der Waals surface area (Å²) >= 11 is 12.6. The number of hydrogen-bond acceptors (Lipinski definition) is 4. The van der Waals surface area contributed by atoms with Crippen LogP contribution in [0.2, 0.25) is 10.0 Å². The van der Waals surface area contributed by atoms with Crippen LogP contribution in [0.15, 0.2) is 114 Å². The van der Waals surface area contributed by atoms with Crippen molar-refractivity contribution in [3.63, 3.8) is 0 Å². The maximum Gasteiger partial charge on any atom is 0.264 e. The number of halogens is 2. The van der Waals surface area contributed by atoms with Crippen molar-refractivity contribution in [2.45, 2.75) is 50.2 Å². The molecule has 44 heavy (non-hydrogen) atoms. The normalized spacial score (nSPS) is 12.6. The van der Waals surface area contributed by atoms with Gasteiger partial charge in [0, 0.05) is 24.0 Å². The first-order valence-electron chi connectivity index (χ1n) is 14.3. The van der Waals surface area contributed by atoms with Gasteiger partial charge in [0.1, 0.15) is 12.6 Å². The number of rotatable bonds is 13. The average Bonchev–Trinajstić information content (AvgIpc) is 3.03. The van der Waals surface area contributed by atoms with E-state index < -0.39 is 28.5 Å². The lowest BCUT2D eigenvalue weighted by molar-refractivity contribution is -0.140. The molecule has 4 rings (SSSR count). The Hall–Kier alpha value is -3.85. The number of para-hydroxylation sites is 1. The standard InChI is InChI=1S/C34H35Cl2N3O4S/c1-3-25(2)37-34(41)32(22-26-12-6-4-7-13-26)38(23-27-18-20-28(35)21-19-27)33(40)24-39(31-17-11-10-16-30(31)36)44(42,43)29-14-8-5-9-15-29/h4-21,25,32H,3,22-24H2,1-2H3,(H,37,41)/t25-,32+/m1/s1. The summed E-state index contributed by atoms with van der Waals surface area (Å²) in [7, 11) is -4.23. The molecule has 0 bridgehead atoms. The van der Waals surface area contributed by atoms with Crippen LogP contribution in [0, 0.1) is 0 Å². The molecule has 0 heterocycles. The highest BCUT2D eigenvalue weighted by molar-refractivity contribution is 7.92. The van der Waals surface area contributed by atoms with E-state index in [2.05, 4.69) is 5.32 Å². The molecular formula is C34H35Cl2N3O4S. The first kappa shape index (κ1) is 33.1. The van der Waals surface area contributed by atoms with Crippen LogP contribution < -0.4 is 9.62 Å². The Balaban J connectivity index is 1.81. The molecule has 0 saturated heterocycles. The molecule has 0 fully saturated rings. The van der Waals surface area contributed by atoms with Gasteiger partial charge in [0.2, 0.25) is 11.8 Å². The van der Waals surface area contributed by atoms with Gasteiger partial charge in [-0.3, -0.25) is 13.9 Å². The second-order valence-electron chi connectivity index (χ2n) is 10.4. The number of amides is 2. The molecule has 2 amide bonds. The van der Waals surface area contributed by atoms with Crippen molar-refractivity contribution in [3.05, 3.63) is 130 Å². The summed E-state index contributed by atoms with van der Waals surface area (Å²) in [5.74, 6) is -0.902. The summed E-state index contributed by atoms with van der Waals surface area (Å²) in [5, 5.41) is 3.72. The molecule has 2 atom stereocenters. The molecule has 0 unspecified atom stereocenters. The zero-order chi connectivity index (χ0) is 31.7. The smallest absolute Gasteiger partial charge is 0.264 e. The van der Waals surface area contributed by atoms with E-state index in [1.54, 1.807) is 66.7 Å². The summed E-state index contributed by atoms with van der Waals surface area (Å²) < 4.78 is 29.0. The van der Waals surface area contributed by atoms with Crippen molar-refractivity contribution in [2.75, 3.05) is 10.8 Å². The summed E-state index contributed by atoms with van der Waals surface area (Å²) in [6.07, 6.45) is 0.921. The van der Waals surface area contributed by atoms with Crippen molar-refractivity contribution >= 4 is 50.7 Å². The van der Waals surface area contributed by atoms with Gasteiger partial charge in [-0.1, -0.05) is 103 Å². The highest BCUT2D eigenvalue weighted by atomic mass is 35.5. The molecule has 0 spiro atoms. The van der Waals surface area contributed by atoms with Crippen molar-refractivity contribution in [2.24, 2.45) is 0 Å². The molecule has 4 aromatic carbocycles. The van der Waals surface area contributed by atoms with Gasteiger partial charge in [0.25, 0.3) is 10.0 Å². The summed E-state index contributed by atoms with van der Waals surface area (Å²) in [5.41, 5.74) is 1.74. The second-order valence-corrected chi connectivity index (χ2v) is 13.2. The third-order valence-corrected chi connectivity index (χ3v) is 9.62. The van der Waals surface area contributed by atoms with Gasteiger partial charge in [-0.15, -0.1) is 0 Å². The first-order chi connectivity index (χ1) is 21.1. The fraction of sp³-hybridized carbons (Fsp3) is 0.235. The zero-order valence-electron chi connectivity index (χ0n) is 24.6. The van der Waals surface area contributed by atoms with Gasteiger partial charge in [-0.25, -0.2) is 8.42 Å². The minimum absolute atomic E-state index is 0.00678. The van der Waals surface area contributed by atoms with Crippen LogP contribution in [0.25, 0.3) is 0 Å². The Morgan fingerprint density at radius 3 is 2.00 bits per heavy atom. The molecule has 0 aromatic heterocycles. The number of nitrogens with zero attached hydrogens (tertiary/aromatic N) is 2. The molecule has 0 aliphatic carbocycles. The lowest BCUT2D eigenvalue weighted by atomic mass is 10.0. The Labute approximate surface area is 269 Å². The molecule has 7 nitrogen and oxygen atoms in total. The van der Waals surface area contributed by atoms with Crippen LogP contribution in [0.5, 0.6) is 0 Å². The lowest BCUT2D eigenvalue weighted by Gasteiger charge is -2.34. The molecule has 0 aliphatic heterocycles. The summed E-state index contributed by atoms with van der Waals surface area (Å²) in [6.45, 7) is 3.32. The van der Waals surface area contributed by atoms with Crippen LogP contribution in [-0.4, -0.2) is 43.8 Å². The SMILES string of the molecule is CC[C@@H](C)NC(=O)[C@H](Cc1ccccc1)N(Cc1ccc(Cl)cc1)C(=O)CN(c1ccccc1Cl)S(=O)(=O)c1ccccc1. The Bertz CT molecular complexity index is 1650. The van der Waals surface area contributed by atoms with Gasteiger partial charge in [-0.2, -0.15) is 0 Å². The van der Waals surface area contributed by atoms with Crippen molar-refractivity contribution in [1.29, 1.82) is 0 Å². The average molecular weight is 653 g/mol. The maximum absolute atomic E-state index is 14.4. The number of sulfonamides is 1. The number of nitrogens with one attached hydrogen (secondary N) is 1. The molecule has 1 N–H and O–H groups in total. The zero-order valence-corrected chi connectivity index (χ0v) is 26.9. The summed E-state index contributed by atoms with van der Waals surface area (Å²) in [6, 6.07) is 29.6. The van der Waals surface area contributed by atoms with Crippen LogP contribution >= 0.6 is 23.2 Å². The van der Waals surface area contributed by atoms with Crippen LogP contribution in [0.4, 0.5) is 5.69 Å². The van der Waals surface area contributed by atoms with E-state index >= 15 is 0 Å². The molecule has 0 radical (unpaired) electrons.